The Morgan fingerprint density at radius 3 is 3.09 bits per heavy atom. The zero-order valence-electron chi connectivity index (χ0n) is 12.3. The minimum atomic E-state index is -0.226. The molecule has 22 heavy (non-hydrogen) atoms. The maximum Gasteiger partial charge on any atom is 0.271 e. The summed E-state index contributed by atoms with van der Waals surface area (Å²) in [5.74, 6) is -0.320. The van der Waals surface area contributed by atoms with Gasteiger partial charge in [0.15, 0.2) is 0 Å². The first-order valence-electron chi connectivity index (χ1n) is 7.62. The number of hydrogen-bond acceptors (Lipinski definition) is 5. The van der Waals surface area contributed by atoms with Crippen molar-refractivity contribution in [3.63, 3.8) is 0 Å². The van der Waals surface area contributed by atoms with Gasteiger partial charge in [-0.05, 0) is 24.3 Å². The summed E-state index contributed by atoms with van der Waals surface area (Å²) in [4.78, 5) is 28.0. The average molecular weight is 320 g/mol. The van der Waals surface area contributed by atoms with Crippen molar-refractivity contribution < 1.29 is 4.79 Å². The summed E-state index contributed by atoms with van der Waals surface area (Å²) in [5, 5.41) is 5.26. The SMILES string of the molecule is NC(=O)C1CCCCC1NCCn1cnc2ccsc2c1=O. The van der Waals surface area contributed by atoms with E-state index in [1.54, 1.807) is 10.9 Å². The molecule has 0 aromatic carbocycles. The molecule has 1 aliphatic rings. The molecule has 3 rings (SSSR count). The van der Waals surface area contributed by atoms with Crippen LogP contribution < -0.4 is 16.6 Å². The molecular formula is C15H20N4O2S. The number of rotatable bonds is 5. The number of carbonyl (C=O) groups is 1. The maximum atomic E-state index is 12.3. The van der Waals surface area contributed by atoms with E-state index in [4.69, 9.17) is 5.73 Å². The Balaban J connectivity index is 1.63. The van der Waals surface area contributed by atoms with Gasteiger partial charge in [0, 0.05) is 19.1 Å². The number of amides is 1. The molecule has 2 aromatic heterocycles. The molecule has 1 fully saturated rings. The van der Waals surface area contributed by atoms with Crippen LogP contribution in [0.3, 0.4) is 0 Å². The van der Waals surface area contributed by atoms with Gasteiger partial charge >= 0.3 is 0 Å². The smallest absolute Gasteiger partial charge is 0.271 e. The van der Waals surface area contributed by atoms with E-state index in [1.165, 1.54) is 11.3 Å². The largest absolute Gasteiger partial charge is 0.369 e. The Hall–Kier alpha value is -1.73. The third kappa shape index (κ3) is 3.05. The van der Waals surface area contributed by atoms with Crippen LogP contribution in [-0.4, -0.2) is 28.0 Å². The summed E-state index contributed by atoms with van der Waals surface area (Å²) in [7, 11) is 0. The maximum absolute atomic E-state index is 12.3. The lowest BCUT2D eigenvalue weighted by Gasteiger charge is -2.30. The molecule has 2 aromatic rings. The molecule has 0 radical (unpaired) electrons. The van der Waals surface area contributed by atoms with Gasteiger partial charge in [-0.25, -0.2) is 4.98 Å². The molecule has 3 N–H and O–H groups in total. The topological polar surface area (TPSA) is 90.0 Å². The fourth-order valence-corrected chi connectivity index (χ4v) is 3.92. The third-order valence-corrected chi connectivity index (χ3v) is 5.22. The van der Waals surface area contributed by atoms with Gasteiger partial charge in [-0.15, -0.1) is 11.3 Å². The third-order valence-electron chi connectivity index (χ3n) is 4.33. The van der Waals surface area contributed by atoms with Crippen molar-refractivity contribution in [1.82, 2.24) is 14.9 Å². The summed E-state index contributed by atoms with van der Waals surface area (Å²) in [6.07, 6.45) is 5.58. The molecule has 0 aliphatic heterocycles. The summed E-state index contributed by atoms with van der Waals surface area (Å²) in [6.45, 7) is 1.18. The second-order valence-corrected chi connectivity index (χ2v) is 6.65. The van der Waals surface area contributed by atoms with Gasteiger partial charge in [0.05, 0.1) is 17.8 Å². The van der Waals surface area contributed by atoms with Gasteiger partial charge in [0.2, 0.25) is 5.91 Å². The number of nitrogens with one attached hydrogen (secondary N) is 1. The van der Waals surface area contributed by atoms with Crippen LogP contribution in [-0.2, 0) is 11.3 Å². The first-order chi connectivity index (χ1) is 10.7. The predicted molar refractivity (Wildman–Crippen MR) is 86.8 cm³/mol. The van der Waals surface area contributed by atoms with Crippen molar-refractivity contribution in [1.29, 1.82) is 0 Å². The number of fused-ring (bicyclic) bond motifs is 1. The van der Waals surface area contributed by atoms with Gasteiger partial charge in [-0.2, -0.15) is 0 Å². The van der Waals surface area contributed by atoms with Crippen LogP contribution in [0.15, 0.2) is 22.6 Å². The van der Waals surface area contributed by atoms with Crippen molar-refractivity contribution in [2.75, 3.05) is 6.54 Å². The Labute approximate surface area is 132 Å². The Morgan fingerprint density at radius 2 is 2.27 bits per heavy atom. The van der Waals surface area contributed by atoms with E-state index in [2.05, 4.69) is 10.3 Å². The van der Waals surface area contributed by atoms with Gasteiger partial charge in [0.25, 0.3) is 5.56 Å². The first-order valence-corrected chi connectivity index (χ1v) is 8.50. The minimum absolute atomic E-state index is 0.00287. The lowest BCUT2D eigenvalue weighted by molar-refractivity contribution is -0.123. The van der Waals surface area contributed by atoms with Crippen LogP contribution in [0.5, 0.6) is 0 Å². The highest BCUT2D eigenvalue weighted by atomic mass is 32.1. The Morgan fingerprint density at radius 1 is 1.45 bits per heavy atom. The van der Waals surface area contributed by atoms with Crippen LogP contribution >= 0.6 is 11.3 Å². The van der Waals surface area contributed by atoms with Crippen LogP contribution in [0, 0.1) is 5.92 Å². The van der Waals surface area contributed by atoms with E-state index in [9.17, 15) is 9.59 Å². The van der Waals surface area contributed by atoms with Crippen molar-refractivity contribution in [3.05, 3.63) is 28.1 Å². The molecule has 0 bridgehead atoms. The molecule has 0 spiro atoms. The molecule has 1 aliphatic carbocycles. The predicted octanol–water partition coefficient (Wildman–Crippen LogP) is 1.09. The van der Waals surface area contributed by atoms with Gasteiger partial charge in [-0.3, -0.25) is 14.2 Å². The van der Waals surface area contributed by atoms with E-state index in [1.807, 2.05) is 11.4 Å². The standard InChI is InChI=1S/C15H20N4O2S/c16-14(20)10-3-1-2-4-11(10)17-6-7-19-9-18-12-5-8-22-13(12)15(19)21/h5,8-11,17H,1-4,6-7H2,(H2,16,20). The Kier molecular flexibility index (Phi) is 4.54. The first kappa shape index (κ1) is 15.2. The number of hydrogen-bond donors (Lipinski definition) is 2. The van der Waals surface area contributed by atoms with E-state index < -0.39 is 0 Å². The summed E-state index contributed by atoms with van der Waals surface area (Å²) < 4.78 is 2.31. The van der Waals surface area contributed by atoms with Crippen molar-refractivity contribution in [2.24, 2.45) is 11.7 Å². The molecule has 2 heterocycles. The molecular weight excluding hydrogens is 300 g/mol. The van der Waals surface area contributed by atoms with Gasteiger partial charge < -0.3 is 11.1 Å². The molecule has 7 heteroatoms. The summed E-state index contributed by atoms with van der Waals surface area (Å²) in [5.41, 5.74) is 6.22. The van der Waals surface area contributed by atoms with E-state index in [0.717, 1.165) is 31.2 Å². The highest BCUT2D eigenvalue weighted by Gasteiger charge is 2.28. The molecule has 1 amide bonds. The zero-order chi connectivity index (χ0) is 15.5. The zero-order valence-corrected chi connectivity index (χ0v) is 13.1. The molecule has 118 valence electrons. The Bertz CT molecular complexity index is 724. The average Bonchev–Trinajstić information content (AvgIpc) is 2.99. The van der Waals surface area contributed by atoms with Crippen LogP contribution in [0.1, 0.15) is 25.7 Å². The lowest BCUT2D eigenvalue weighted by atomic mass is 9.84. The van der Waals surface area contributed by atoms with E-state index >= 15 is 0 Å². The summed E-state index contributed by atoms with van der Waals surface area (Å²) in [6, 6.07) is 1.98. The van der Waals surface area contributed by atoms with E-state index in [0.29, 0.717) is 17.8 Å². The second-order valence-electron chi connectivity index (χ2n) is 5.73. The highest BCUT2D eigenvalue weighted by Crippen LogP contribution is 2.24. The minimum Gasteiger partial charge on any atom is -0.369 e. The second kappa shape index (κ2) is 6.58. The molecule has 6 nitrogen and oxygen atoms in total. The van der Waals surface area contributed by atoms with Crippen LogP contribution in [0.2, 0.25) is 0 Å². The van der Waals surface area contributed by atoms with Gasteiger partial charge in [-0.1, -0.05) is 12.8 Å². The molecule has 2 unspecified atom stereocenters. The number of primary amides is 1. The summed E-state index contributed by atoms with van der Waals surface area (Å²) >= 11 is 1.42. The number of carbonyl (C=O) groups excluding carboxylic acids is 1. The van der Waals surface area contributed by atoms with Crippen LogP contribution in [0.4, 0.5) is 0 Å². The van der Waals surface area contributed by atoms with E-state index in [-0.39, 0.29) is 23.4 Å². The van der Waals surface area contributed by atoms with Crippen molar-refractivity contribution in [2.45, 2.75) is 38.3 Å². The normalized spacial score (nSPS) is 22.0. The molecule has 0 saturated heterocycles. The number of aromatic nitrogens is 2. The fourth-order valence-electron chi connectivity index (χ4n) is 3.12. The monoisotopic (exact) mass is 320 g/mol. The fraction of sp³-hybridized carbons (Fsp3) is 0.533. The quantitative estimate of drug-likeness (QED) is 0.863. The highest BCUT2D eigenvalue weighted by molar-refractivity contribution is 7.17. The molecule has 2 atom stereocenters. The van der Waals surface area contributed by atoms with Crippen molar-refractivity contribution >= 4 is 27.5 Å². The lowest BCUT2D eigenvalue weighted by Crippen LogP contribution is -2.46. The number of thiophene rings is 1. The van der Waals surface area contributed by atoms with Crippen LogP contribution in [0.25, 0.3) is 10.2 Å². The number of nitrogens with two attached hydrogens (primary N) is 1. The number of nitrogens with zero attached hydrogens (tertiary/aromatic N) is 2. The van der Waals surface area contributed by atoms with Crippen molar-refractivity contribution in [3.8, 4) is 0 Å². The van der Waals surface area contributed by atoms with Gasteiger partial charge in [0.1, 0.15) is 4.70 Å². The molecule has 1 saturated carbocycles.